The summed E-state index contributed by atoms with van der Waals surface area (Å²) in [6.45, 7) is -0.188. The Morgan fingerprint density at radius 1 is 1.27 bits per heavy atom. The van der Waals surface area contributed by atoms with Crippen LogP contribution in [0.15, 0.2) is 29.2 Å². The second-order valence-corrected chi connectivity index (χ2v) is 10.8. The minimum absolute atomic E-state index is 0.188. The second-order valence-electron chi connectivity index (χ2n) is 7.67. The van der Waals surface area contributed by atoms with E-state index in [1.165, 1.54) is 47.3 Å². The molecule has 1 aromatic heterocycles. The van der Waals surface area contributed by atoms with Crippen molar-refractivity contribution in [3.05, 3.63) is 39.7 Å². The Hall–Kier alpha value is -2.01. The number of benzene rings is 1. The molecule has 0 spiro atoms. The van der Waals surface area contributed by atoms with Crippen LogP contribution in [-0.2, 0) is 16.0 Å². The van der Waals surface area contributed by atoms with E-state index < -0.39 is 0 Å². The maximum Gasteiger partial charge on any atom is 0.266 e. The highest BCUT2D eigenvalue weighted by Crippen LogP contribution is 2.35. The Bertz CT molecular complexity index is 1070. The van der Waals surface area contributed by atoms with Crippen molar-refractivity contribution >= 4 is 74.3 Å². The van der Waals surface area contributed by atoms with Crippen molar-refractivity contribution in [3.63, 3.8) is 0 Å². The quantitative estimate of drug-likeness (QED) is 0.301. The standard InChI is InChI=1S/C22H23ClN4O3S3/c23-11-10-19-25-26-21(33-19)24-18(28)13-27-20(29)17(32-22(27)31)12-14-6-4-5-9-16(14)30-15-7-2-1-3-8-15/h4-6,9,12,15H,1-3,7-8,10-11,13H2,(H,24,26,28)/b17-12-. The van der Waals surface area contributed by atoms with E-state index in [0.717, 1.165) is 29.2 Å². The van der Waals surface area contributed by atoms with Crippen LogP contribution >= 0.6 is 46.9 Å². The van der Waals surface area contributed by atoms with Crippen molar-refractivity contribution in [3.8, 4) is 5.75 Å². The van der Waals surface area contributed by atoms with E-state index in [4.69, 9.17) is 28.6 Å². The highest BCUT2D eigenvalue weighted by molar-refractivity contribution is 8.26. The third-order valence-electron chi connectivity index (χ3n) is 5.25. The Labute approximate surface area is 210 Å². The van der Waals surface area contributed by atoms with Crippen LogP contribution in [0.25, 0.3) is 6.08 Å². The number of ether oxygens (including phenoxy) is 1. The molecule has 33 heavy (non-hydrogen) atoms. The summed E-state index contributed by atoms with van der Waals surface area (Å²) in [5.74, 6) is 0.506. The summed E-state index contributed by atoms with van der Waals surface area (Å²) in [5, 5.41) is 11.7. The van der Waals surface area contributed by atoms with Crippen molar-refractivity contribution in [2.24, 2.45) is 0 Å². The number of aryl methyl sites for hydroxylation is 1. The Kier molecular flexibility index (Phi) is 8.34. The highest BCUT2D eigenvalue weighted by Gasteiger charge is 2.34. The normalized spacial score (nSPS) is 18.2. The molecule has 4 rings (SSSR count). The first-order chi connectivity index (χ1) is 16.0. The lowest BCUT2D eigenvalue weighted by atomic mass is 9.97. The molecule has 0 unspecified atom stereocenters. The number of amides is 2. The van der Waals surface area contributed by atoms with Gasteiger partial charge in [0.2, 0.25) is 11.0 Å². The van der Waals surface area contributed by atoms with Gasteiger partial charge in [-0.1, -0.05) is 59.9 Å². The molecule has 7 nitrogen and oxygen atoms in total. The number of rotatable bonds is 8. The average molecular weight is 523 g/mol. The smallest absolute Gasteiger partial charge is 0.266 e. The topological polar surface area (TPSA) is 84.4 Å². The summed E-state index contributed by atoms with van der Waals surface area (Å²) >= 11 is 13.5. The molecule has 1 N–H and O–H groups in total. The van der Waals surface area contributed by atoms with Gasteiger partial charge >= 0.3 is 0 Å². The molecule has 2 heterocycles. The van der Waals surface area contributed by atoms with Crippen LogP contribution in [0.2, 0.25) is 0 Å². The Morgan fingerprint density at radius 3 is 2.85 bits per heavy atom. The van der Waals surface area contributed by atoms with E-state index in [2.05, 4.69) is 15.5 Å². The van der Waals surface area contributed by atoms with E-state index in [-0.39, 0.29) is 24.5 Å². The van der Waals surface area contributed by atoms with Gasteiger partial charge in [0.1, 0.15) is 21.6 Å². The maximum atomic E-state index is 13.0. The number of thiocarbonyl (C=S) groups is 1. The summed E-state index contributed by atoms with van der Waals surface area (Å²) in [4.78, 5) is 27.2. The third-order valence-corrected chi connectivity index (χ3v) is 7.71. The highest BCUT2D eigenvalue weighted by atomic mass is 35.5. The van der Waals surface area contributed by atoms with Crippen LogP contribution in [0.4, 0.5) is 5.13 Å². The predicted octanol–water partition coefficient (Wildman–Crippen LogP) is 4.87. The molecule has 2 aromatic rings. The summed E-state index contributed by atoms with van der Waals surface area (Å²) in [6.07, 6.45) is 8.29. The first kappa shape index (κ1) is 24.1. The molecule has 0 radical (unpaired) electrons. The van der Waals surface area contributed by atoms with Gasteiger partial charge in [-0.15, -0.1) is 21.8 Å². The number of halogens is 1. The molecule has 1 aliphatic carbocycles. The number of nitrogens with zero attached hydrogens (tertiary/aromatic N) is 3. The van der Waals surface area contributed by atoms with E-state index in [1.807, 2.05) is 24.3 Å². The number of aromatic nitrogens is 2. The number of hydrogen-bond acceptors (Lipinski definition) is 8. The summed E-state index contributed by atoms with van der Waals surface area (Å²) in [6, 6.07) is 7.69. The van der Waals surface area contributed by atoms with E-state index >= 15 is 0 Å². The molecule has 2 aliphatic rings. The average Bonchev–Trinajstić information content (AvgIpc) is 3.35. The van der Waals surface area contributed by atoms with Gasteiger partial charge in [-0.2, -0.15) is 0 Å². The van der Waals surface area contributed by atoms with Gasteiger partial charge in [0.25, 0.3) is 5.91 Å². The van der Waals surface area contributed by atoms with Crippen LogP contribution in [0, 0.1) is 0 Å². The van der Waals surface area contributed by atoms with Crippen LogP contribution in [0.3, 0.4) is 0 Å². The monoisotopic (exact) mass is 522 g/mol. The number of alkyl halides is 1. The predicted molar refractivity (Wildman–Crippen MR) is 137 cm³/mol. The van der Waals surface area contributed by atoms with Crippen molar-refractivity contribution < 1.29 is 14.3 Å². The van der Waals surface area contributed by atoms with Crippen LogP contribution < -0.4 is 10.1 Å². The zero-order valence-electron chi connectivity index (χ0n) is 17.8. The van der Waals surface area contributed by atoms with Crippen molar-refractivity contribution in [2.45, 2.75) is 44.6 Å². The first-order valence-electron chi connectivity index (χ1n) is 10.7. The number of carbonyl (C=O) groups is 2. The first-order valence-corrected chi connectivity index (χ1v) is 13.3. The molecule has 0 bridgehead atoms. The number of anilines is 1. The molecule has 1 aromatic carbocycles. The molecule has 1 saturated heterocycles. The number of thioether (sulfide) groups is 1. The molecule has 1 saturated carbocycles. The zero-order valence-corrected chi connectivity index (χ0v) is 21.0. The SMILES string of the molecule is O=C(CN1C(=O)/C(=C/c2ccccc2OC2CCCCC2)SC1=S)Nc1nnc(CCCl)s1. The lowest BCUT2D eigenvalue weighted by Gasteiger charge is -2.23. The summed E-state index contributed by atoms with van der Waals surface area (Å²) in [5.41, 5.74) is 0.828. The molecule has 1 aliphatic heterocycles. The molecular formula is C22H23ClN4O3S3. The van der Waals surface area contributed by atoms with Crippen molar-refractivity contribution in [1.82, 2.24) is 15.1 Å². The van der Waals surface area contributed by atoms with Crippen LogP contribution in [-0.4, -0.2) is 49.8 Å². The number of para-hydroxylation sites is 1. The van der Waals surface area contributed by atoms with E-state index in [0.29, 0.717) is 26.7 Å². The lowest BCUT2D eigenvalue weighted by Crippen LogP contribution is -2.36. The lowest BCUT2D eigenvalue weighted by molar-refractivity contribution is -0.126. The fraction of sp³-hybridized carbons (Fsp3) is 0.409. The number of hydrogen-bond donors (Lipinski definition) is 1. The maximum absolute atomic E-state index is 13.0. The second kappa shape index (κ2) is 11.4. The minimum Gasteiger partial charge on any atom is -0.490 e. The summed E-state index contributed by atoms with van der Waals surface area (Å²) in [7, 11) is 0. The molecular weight excluding hydrogens is 500 g/mol. The van der Waals surface area contributed by atoms with Crippen LogP contribution in [0.1, 0.15) is 42.7 Å². The Balaban J connectivity index is 1.42. The van der Waals surface area contributed by atoms with Gasteiger partial charge in [0.15, 0.2) is 0 Å². The van der Waals surface area contributed by atoms with Gasteiger partial charge < -0.3 is 4.74 Å². The molecule has 0 atom stereocenters. The van der Waals surface area contributed by atoms with Crippen molar-refractivity contribution in [2.75, 3.05) is 17.7 Å². The summed E-state index contributed by atoms with van der Waals surface area (Å²) < 4.78 is 6.58. The van der Waals surface area contributed by atoms with Crippen LogP contribution in [0.5, 0.6) is 5.75 Å². The molecule has 11 heteroatoms. The molecule has 2 fully saturated rings. The van der Waals surface area contributed by atoms with Gasteiger partial charge in [0.05, 0.1) is 11.0 Å². The van der Waals surface area contributed by atoms with E-state index in [1.54, 1.807) is 6.08 Å². The van der Waals surface area contributed by atoms with Gasteiger partial charge in [-0.05, 0) is 37.8 Å². The molecule has 2 amide bonds. The fourth-order valence-electron chi connectivity index (χ4n) is 3.64. The van der Waals surface area contributed by atoms with Gasteiger partial charge in [-0.3, -0.25) is 19.8 Å². The minimum atomic E-state index is -0.387. The van der Waals surface area contributed by atoms with Gasteiger partial charge in [-0.25, -0.2) is 0 Å². The largest absolute Gasteiger partial charge is 0.490 e. The fourth-order valence-corrected chi connectivity index (χ4v) is 5.93. The van der Waals surface area contributed by atoms with Gasteiger partial charge in [0, 0.05) is 17.9 Å². The third kappa shape index (κ3) is 6.32. The zero-order chi connectivity index (χ0) is 23.2. The number of nitrogens with one attached hydrogen (secondary N) is 1. The number of carbonyl (C=O) groups excluding carboxylic acids is 2. The van der Waals surface area contributed by atoms with E-state index in [9.17, 15) is 9.59 Å². The Morgan fingerprint density at radius 2 is 2.06 bits per heavy atom. The molecule has 174 valence electrons. The van der Waals surface area contributed by atoms with Crippen molar-refractivity contribution in [1.29, 1.82) is 0 Å².